The third-order valence-corrected chi connectivity index (χ3v) is 14.2. The Bertz CT molecular complexity index is 3310. The van der Waals surface area contributed by atoms with E-state index >= 15 is 0 Å². The molecular weight excluding hydrogens is 773 g/mol. The van der Waals surface area contributed by atoms with Gasteiger partial charge in [-0.05, 0) is 133 Å². The zero-order chi connectivity index (χ0) is 43.2. The highest BCUT2D eigenvalue weighted by Crippen LogP contribution is 2.56. The molecule has 2 nitrogen and oxygen atoms in total. The molecule has 0 bridgehead atoms. The fourth-order valence-corrected chi connectivity index (χ4v) is 10.9. The van der Waals surface area contributed by atoms with E-state index in [0.29, 0.717) is 0 Å². The van der Waals surface area contributed by atoms with Crippen LogP contribution in [0.3, 0.4) is 0 Å². The van der Waals surface area contributed by atoms with Crippen molar-refractivity contribution in [2.24, 2.45) is 0 Å². The Morgan fingerprint density at radius 3 is 1.44 bits per heavy atom. The summed E-state index contributed by atoms with van der Waals surface area (Å²) in [6, 6.07) is 80.5. The maximum atomic E-state index is 2.49. The Kier molecular flexibility index (Phi) is 8.58. The average molecular weight is 821 g/mol. The maximum Gasteiger partial charge on any atom is 0.0538 e. The molecule has 0 saturated carbocycles. The highest BCUT2D eigenvalue weighted by atomic mass is 15.1. The molecule has 10 aromatic rings. The predicted octanol–water partition coefficient (Wildman–Crippen LogP) is 16.7. The molecular formula is C62H48N2. The lowest BCUT2D eigenvalue weighted by Crippen LogP contribution is -2.19. The third-order valence-electron chi connectivity index (χ3n) is 14.2. The summed E-state index contributed by atoms with van der Waals surface area (Å²) < 4.78 is 2.49. The molecule has 9 aromatic carbocycles. The third kappa shape index (κ3) is 5.86. The summed E-state index contributed by atoms with van der Waals surface area (Å²) in [5, 5.41) is 1.31. The van der Waals surface area contributed by atoms with Crippen LogP contribution >= 0.6 is 0 Å². The lowest BCUT2D eigenvalue weighted by Gasteiger charge is -2.28. The van der Waals surface area contributed by atoms with Crippen molar-refractivity contribution in [3.8, 4) is 61.3 Å². The normalized spacial score (nSPS) is 13.9. The van der Waals surface area contributed by atoms with Crippen LogP contribution in [0, 0.1) is 0 Å². The lowest BCUT2D eigenvalue weighted by atomic mass is 9.81. The van der Waals surface area contributed by atoms with Crippen molar-refractivity contribution in [3.05, 3.63) is 241 Å². The van der Waals surface area contributed by atoms with E-state index in [-0.39, 0.29) is 10.8 Å². The smallest absolute Gasteiger partial charge is 0.0538 e. The van der Waals surface area contributed by atoms with E-state index in [4.69, 9.17) is 0 Å². The second-order valence-electron chi connectivity index (χ2n) is 18.6. The molecule has 12 rings (SSSR count). The van der Waals surface area contributed by atoms with Crippen LogP contribution in [0.2, 0.25) is 0 Å². The van der Waals surface area contributed by atoms with Crippen molar-refractivity contribution in [2.75, 3.05) is 4.90 Å². The molecule has 0 aliphatic heterocycles. The molecule has 0 fully saturated rings. The number of nitrogens with zero attached hydrogens (tertiary/aromatic N) is 2. The number of hydrogen-bond acceptors (Lipinski definition) is 1. The van der Waals surface area contributed by atoms with Crippen LogP contribution in [0.4, 0.5) is 17.1 Å². The van der Waals surface area contributed by atoms with Crippen LogP contribution in [0.25, 0.3) is 72.2 Å². The summed E-state index contributed by atoms with van der Waals surface area (Å²) in [6.07, 6.45) is 0. The van der Waals surface area contributed by atoms with Gasteiger partial charge in [0.2, 0.25) is 0 Å². The molecule has 0 N–H and O–H groups in total. The fraction of sp³-hybridized carbons (Fsp3) is 0.0968. The Balaban J connectivity index is 0.933. The minimum absolute atomic E-state index is 0.168. The van der Waals surface area contributed by atoms with E-state index in [1.165, 1.54) is 94.6 Å². The van der Waals surface area contributed by atoms with Crippen LogP contribution in [-0.4, -0.2) is 4.57 Å². The largest absolute Gasteiger partial charge is 0.312 e. The topological polar surface area (TPSA) is 8.17 Å². The summed E-state index contributed by atoms with van der Waals surface area (Å²) in [5.41, 5.74) is 23.6. The summed E-state index contributed by atoms with van der Waals surface area (Å²) in [6.45, 7) is 9.57. The number of aromatic nitrogens is 1. The summed E-state index contributed by atoms with van der Waals surface area (Å²) in [4.78, 5) is 2.41. The van der Waals surface area contributed by atoms with Gasteiger partial charge in [0.05, 0.1) is 5.52 Å². The van der Waals surface area contributed by atoms with Gasteiger partial charge in [0, 0.05) is 50.2 Å². The molecule has 2 aliphatic carbocycles. The van der Waals surface area contributed by atoms with E-state index in [1.807, 2.05) is 0 Å². The van der Waals surface area contributed by atoms with Crippen LogP contribution in [0.1, 0.15) is 50.1 Å². The van der Waals surface area contributed by atoms with Crippen LogP contribution in [0.5, 0.6) is 0 Å². The van der Waals surface area contributed by atoms with Gasteiger partial charge in [-0.2, -0.15) is 0 Å². The zero-order valence-corrected chi connectivity index (χ0v) is 36.7. The zero-order valence-electron chi connectivity index (χ0n) is 36.7. The van der Waals surface area contributed by atoms with E-state index < -0.39 is 0 Å². The van der Waals surface area contributed by atoms with Crippen molar-refractivity contribution in [1.29, 1.82) is 0 Å². The molecule has 0 saturated heterocycles. The van der Waals surface area contributed by atoms with Gasteiger partial charge in [-0.3, -0.25) is 0 Å². The van der Waals surface area contributed by atoms with Crippen molar-refractivity contribution in [3.63, 3.8) is 0 Å². The molecule has 64 heavy (non-hydrogen) atoms. The molecule has 0 atom stereocenters. The second kappa shape index (κ2) is 14.4. The maximum absolute atomic E-state index is 2.49. The number of benzene rings is 9. The molecule has 2 aliphatic rings. The molecule has 0 radical (unpaired) electrons. The van der Waals surface area contributed by atoms with E-state index in [0.717, 1.165) is 17.1 Å². The standard InChI is InChI=1S/C62H48N2/c1-61(2)56-39-46(45-29-37-55-54(38-45)59-53-22-14-15-23-58(53)64(60(59)62(55,3)4)47-20-12-7-13-21-47)28-35-51(56)52-36-34-50(40-57(52)61)63(48-30-24-43(25-31-48)41-16-8-5-9-17-41)49-32-26-44(27-33-49)42-18-10-6-11-19-42/h5-40H,1-4H3. The highest BCUT2D eigenvalue weighted by Gasteiger charge is 2.41. The van der Waals surface area contributed by atoms with Gasteiger partial charge >= 0.3 is 0 Å². The number of hydrogen-bond donors (Lipinski definition) is 0. The number of anilines is 3. The number of fused-ring (bicyclic) bond motifs is 8. The Morgan fingerprint density at radius 2 is 0.812 bits per heavy atom. The molecule has 1 heterocycles. The van der Waals surface area contributed by atoms with Crippen LogP contribution in [0.15, 0.2) is 218 Å². The monoisotopic (exact) mass is 820 g/mol. The molecule has 2 heteroatoms. The van der Waals surface area contributed by atoms with Crippen molar-refractivity contribution in [2.45, 2.75) is 38.5 Å². The van der Waals surface area contributed by atoms with Crippen LogP contribution < -0.4 is 4.90 Å². The summed E-state index contributed by atoms with van der Waals surface area (Å²) >= 11 is 0. The summed E-state index contributed by atoms with van der Waals surface area (Å²) in [5.74, 6) is 0. The molecule has 306 valence electrons. The van der Waals surface area contributed by atoms with Crippen LogP contribution in [-0.2, 0) is 10.8 Å². The quantitative estimate of drug-likeness (QED) is 0.155. The Labute approximate surface area is 376 Å². The fourth-order valence-electron chi connectivity index (χ4n) is 10.9. The molecule has 0 unspecified atom stereocenters. The van der Waals surface area contributed by atoms with Gasteiger partial charge in [-0.25, -0.2) is 0 Å². The first-order valence-electron chi connectivity index (χ1n) is 22.5. The average Bonchev–Trinajstić information content (AvgIpc) is 3.90. The minimum Gasteiger partial charge on any atom is -0.312 e. The molecule has 1 aromatic heterocycles. The van der Waals surface area contributed by atoms with Gasteiger partial charge in [0.15, 0.2) is 0 Å². The first kappa shape index (κ1) is 38.0. The number of rotatable bonds is 7. The predicted molar refractivity (Wildman–Crippen MR) is 269 cm³/mol. The van der Waals surface area contributed by atoms with E-state index in [1.54, 1.807) is 0 Å². The van der Waals surface area contributed by atoms with Gasteiger partial charge in [-0.15, -0.1) is 0 Å². The van der Waals surface area contributed by atoms with Crippen molar-refractivity contribution in [1.82, 2.24) is 4.57 Å². The van der Waals surface area contributed by atoms with Crippen molar-refractivity contribution >= 4 is 28.0 Å². The van der Waals surface area contributed by atoms with E-state index in [9.17, 15) is 0 Å². The first-order chi connectivity index (χ1) is 31.3. The first-order valence-corrected chi connectivity index (χ1v) is 22.5. The Morgan fingerprint density at radius 1 is 0.344 bits per heavy atom. The minimum atomic E-state index is -0.217. The Hall–Kier alpha value is -7.68. The highest BCUT2D eigenvalue weighted by molar-refractivity contribution is 6.04. The van der Waals surface area contributed by atoms with Gasteiger partial charge in [-0.1, -0.05) is 179 Å². The molecule has 0 spiro atoms. The molecule has 0 amide bonds. The second-order valence-corrected chi connectivity index (χ2v) is 18.6. The van der Waals surface area contributed by atoms with E-state index in [2.05, 4.69) is 256 Å². The number of para-hydroxylation sites is 2. The van der Waals surface area contributed by atoms with Crippen molar-refractivity contribution < 1.29 is 0 Å². The van der Waals surface area contributed by atoms with Gasteiger partial charge in [0.1, 0.15) is 0 Å². The van der Waals surface area contributed by atoms with Gasteiger partial charge < -0.3 is 9.47 Å². The lowest BCUT2D eigenvalue weighted by molar-refractivity contribution is 0.624. The summed E-state index contributed by atoms with van der Waals surface area (Å²) in [7, 11) is 0. The SMILES string of the molecule is CC1(C)c2cc(-c3ccc4c(c3)-c3c(n(-c5ccccc5)c5ccccc35)C4(C)C)ccc2-c2ccc(N(c3ccc(-c4ccccc4)cc3)c3ccc(-c4ccccc4)cc3)cc21. The van der Waals surface area contributed by atoms with Gasteiger partial charge in [0.25, 0.3) is 0 Å².